The molecule has 9 aromatic carbocycles. The Bertz CT molecular complexity index is 3950. The van der Waals surface area contributed by atoms with E-state index >= 15 is 0 Å². The van der Waals surface area contributed by atoms with Crippen LogP contribution in [0.25, 0.3) is 123 Å². The third-order valence-electron chi connectivity index (χ3n) is 13.4. The van der Waals surface area contributed by atoms with E-state index in [0.29, 0.717) is 0 Å². The van der Waals surface area contributed by atoms with Gasteiger partial charge in [0.05, 0.1) is 11.0 Å². The Morgan fingerprint density at radius 3 is 1.44 bits per heavy atom. The topological polar surface area (TPSA) is 24.0 Å². The Labute approximate surface area is 372 Å². The number of aromatic nitrogens is 2. The molecule has 0 fully saturated rings. The fourth-order valence-electron chi connectivity index (χ4n) is 10.2. The smallest absolute Gasteiger partial charge is 0.0541 e. The maximum atomic E-state index is 3.73. The van der Waals surface area contributed by atoms with E-state index in [-0.39, 0.29) is 0 Å². The number of hydrogen-bond donors (Lipinski definition) is 1. The molecule has 63 heavy (non-hydrogen) atoms. The van der Waals surface area contributed by atoms with E-state index in [4.69, 9.17) is 0 Å². The van der Waals surface area contributed by atoms with Gasteiger partial charge in [0, 0.05) is 97.4 Å². The molecule has 4 heterocycles. The van der Waals surface area contributed by atoms with Crippen molar-refractivity contribution in [1.29, 1.82) is 0 Å². The van der Waals surface area contributed by atoms with Gasteiger partial charge in [0.25, 0.3) is 0 Å². The van der Waals surface area contributed by atoms with Crippen LogP contribution in [0.3, 0.4) is 0 Å². The minimum absolute atomic E-state index is 0.984. The van der Waals surface area contributed by atoms with Crippen molar-refractivity contribution in [3.8, 4) is 39.1 Å². The number of nitrogens with zero attached hydrogens (tertiary/aromatic N) is 2. The number of H-pyrrole nitrogens is 1. The van der Waals surface area contributed by atoms with E-state index in [2.05, 4.69) is 210 Å². The molecule has 0 aliphatic carbocycles. The van der Waals surface area contributed by atoms with E-state index in [1.54, 1.807) is 0 Å². The van der Waals surface area contributed by atoms with Gasteiger partial charge in [-0.1, -0.05) is 97.1 Å². The van der Waals surface area contributed by atoms with Gasteiger partial charge in [0.2, 0.25) is 0 Å². The van der Waals surface area contributed by atoms with E-state index < -0.39 is 0 Å². The fourth-order valence-corrected chi connectivity index (χ4v) is 12.7. The summed E-state index contributed by atoms with van der Waals surface area (Å²) in [5.74, 6) is 0. The van der Waals surface area contributed by atoms with E-state index in [1.807, 2.05) is 22.7 Å². The predicted octanol–water partition coefficient (Wildman–Crippen LogP) is 17.0. The van der Waals surface area contributed by atoms with Crippen LogP contribution in [0.5, 0.6) is 0 Å². The van der Waals surface area contributed by atoms with Crippen molar-refractivity contribution >= 4 is 112 Å². The molecule has 0 aliphatic rings. The molecule has 1 N–H and O–H groups in total. The van der Waals surface area contributed by atoms with Crippen LogP contribution in [-0.4, -0.2) is 22.6 Å². The summed E-state index contributed by atoms with van der Waals surface area (Å²) < 4.78 is 7.79. The van der Waals surface area contributed by atoms with Crippen LogP contribution in [0.15, 0.2) is 182 Å². The summed E-state index contributed by atoms with van der Waals surface area (Å²) in [4.78, 5) is 6.13. The fraction of sp³-hybridized carbons (Fsp3) is 0.0690. The number of nitrogens with one attached hydrogen (secondary N) is 1. The van der Waals surface area contributed by atoms with Gasteiger partial charge in [-0.3, -0.25) is 0 Å². The standard InChI is InChI=1S/C58H41N3S2/c1-3-60(4-2)39-23-25-40(26-24-39)61-53-29-21-36(32-49(53)50-34-38(22-30-54(50)61)42-14-10-16-46-44-12-6-8-18-56(44)63-58(42)46)35-19-27-51-47(31-35)48-33-37(20-28-52(48)59-51)41-13-9-15-45-43-11-5-7-17-55(43)62-57(41)45/h5-34,59H,3-4H2,1-2H3. The molecule has 0 spiro atoms. The lowest BCUT2D eigenvalue weighted by molar-refractivity contribution is 0.866. The molecule has 3 nitrogen and oxygen atoms in total. The van der Waals surface area contributed by atoms with Gasteiger partial charge in [-0.25, -0.2) is 0 Å². The highest BCUT2D eigenvalue weighted by Crippen LogP contribution is 2.44. The third-order valence-corrected chi connectivity index (χ3v) is 15.8. The summed E-state index contributed by atoms with van der Waals surface area (Å²) in [6.07, 6.45) is 0. The molecule has 0 bridgehead atoms. The number of anilines is 1. The van der Waals surface area contributed by atoms with E-state index in [0.717, 1.165) is 24.1 Å². The van der Waals surface area contributed by atoms with Gasteiger partial charge in [-0.2, -0.15) is 0 Å². The zero-order valence-corrected chi connectivity index (χ0v) is 36.6. The van der Waals surface area contributed by atoms with Crippen molar-refractivity contribution in [1.82, 2.24) is 9.55 Å². The summed E-state index contributed by atoms with van der Waals surface area (Å²) in [7, 11) is 0. The van der Waals surface area contributed by atoms with Crippen molar-refractivity contribution in [2.45, 2.75) is 13.8 Å². The molecular weight excluding hydrogens is 803 g/mol. The molecule has 0 atom stereocenters. The quantitative estimate of drug-likeness (QED) is 0.170. The second-order valence-electron chi connectivity index (χ2n) is 16.7. The van der Waals surface area contributed by atoms with Crippen LogP contribution >= 0.6 is 22.7 Å². The molecule has 5 heteroatoms. The van der Waals surface area contributed by atoms with Gasteiger partial charge in [0.1, 0.15) is 0 Å². The van der Waals surface area contributed by atoms with Crippen LogP contribution < -0.4 is 4.90 Å². The number of fused-ring (bicyclic) bond motifs is 12. The Balaban J connectivity index is 0.979. The first kappa shape index (κ1) is 36.5. The first-order valence-corrected chi connectivity index (χ1v) is 23.6. The minimum atomic E-state index is 0.984. The maximum Gasteiger partial charge on any atom is 0.0541 e. The molecule has 300 valence electrons. The molecule has 0 aliphatic heterocycles. The second kappa shape index (κ2) is 14.2. The normalized spacial score (nSPS) is 12.1. The van der Waals surface area contributed by atoms with Crippen molar-refractivity contribution in [2.24, 2.45) is 0 Å². The first-order chi connectivity index (χ1) is 31.1. The zero-order valence-electron chi connectivity index (χ0n) is 34.9. The van der Waals surface area contributed by atoms with Crippen LogP contribution in [-0.2, 0) is 0 Å². The van der Waals surface area contributed by atoms with Crippen LogP contribution in [0.2, 0.25) is 0 Å². The number of hydrogen-bond acceptors (Lipinski definition) is 3. The average molecular weight is 844 g/mol. The lowest BCUT2D eigenvalue weighted by atomic mass is 9.98. The summed E-state index contributed by atoms with van der Waals surface area (Å²) >= 11 is 3.78. The number of benzene rings is 9. The van der Waals surface area contributed by atoms with Crippen molar-refractivity contribution < 1.29 is 0 Å². The first-order valence-electron chi connectivity index (χ1n) is 21.9. The van der Waals surface area contributed by atoms with Crippen molar-refractivity contribution in [3.63, 3.8) is 0 Å². The molecule has 13 aromatic rings. The summed E-state index contributed by atoms with van der Waals surface area (Å²) in [6, 6.07) is 68.2. The maximum absolute atomic E-state index is 3.73. The summed E-state index contributed by atoms with van der Waals surface area (Å²) in [6.45, 7) is 6.41. The van der Waals surface area contributed by atoms with Gasteiger partial charge in [0.15, 0.2) is 0 Å². The largest absolute Gasteiger partial charge is 0.372 e. The molecule has 0 radical (unpaired) electrons. The lowest BCUT2D eigenvalue weighted by Gasteiger charge is -2.21. The van der Waals surface area contributed by atoms with Crippen LogP contribution in [0.4, 0.5) is 5.69 Å². The van der Waals surface area contributed by atoms with Crippen LogP contribution in [0.1, 0.15) is 13.8 Å². The highest BCUT2D eigenvalue weighted by atomic mass is 32.1. The van der Waals surface area contributed by atoms with Gasteiger partial charge >= 0.3 is 0 Å². The monoisotopic (exact) mass is 843 g/mol. The Kier molecular flexibility index (Phi) is 8.21. The number of thiophene rings is 2. The lowest BCUT2D eigenvalue weighted by Crippen LogP contribution is -2.21. The second-order valence-corrected chi connectivity index (χ2v) is 18.8. The minimum Gasteiger partial charge on any atom is -0.372 e. The van der Waals surface area contributed by atoms with Gasteiger partial charge in [-0.05, 0) is 132 Å². The predicted molar refractivity (Wildman–Crippen MR) is 276 cm³/mol. The summed E-state index contributed by atoms with van der Waals surface area (Å²) in [5, 5.41) is 10.3. The molecule has 0 unspecified atom stereocenters. The van der Waals surface area contributed by atoms with E-state index in [9.17, 15) is 0 Å². The molecule has 0 saturated carbocycles. The van der Waals surface area contributed by atoms with Gasteiger partial charge < -0.3 is 14.5 Å². The highest BCUT2D eigenvalue weighted by molar-refractivity contribution is 7.26. The molecule has 13 rings (SSSR count). The number of aromatic amines is 1. The van der Waals surface area contributed by atoms with Crippen LogP contribution in [0, 0.1) is 0 Å². The molecule has 0 amide bonds. The molecular formula is C58H41N3S2. The average Bonchev–Trinajstić information content (AvgIpc) is 4.10. The SMILES string of the molecule is CCN(CC)c1ccc(-n2c3ccc(-c4ccc5[nH]c6ccc(-c7cccc8c7sc7ccccc78)cc6c5c4)cc3c3cc(-c4cccc5c4sc4ccccc45)ccc32)cc1. The molecule has 4 aromatic heterocycles. The van der Waals surface area contributed by atoms with Crippen molar-refractivity contribution in [2.75, 3.05) is 18.0 Å². The molecule has 0 saturated heterocycles. The zero-order chi connectivity index (χ0) is 41.8. The third kappa shape index (κ3) is 5.63. The Hall–Kier alpha value is -7.18. The van der Waals surface area contributed by atoms with E-state index in [1.165, 1.54) is 118 Å². The Morgan fingerprint density at radius 1 is 0.413 bits per heavy atom. The van der Waals surface area contributed by atoms with Gasteiger partial charge in [-0.15, -0.1) is 22.7 Å². The van der Waals surface area contributed by atoms with Crippen molar-refractivity contribution in [3.05, 3.63) is 182 Å². The highest BCUT2D eigenvalue weighted by Gasteiger charge is 2.18. The number of rotatable bonds is 7. The summed E-state index contributed by atoms with van der Waals surface area (Å²) in [5.41, 5.74) is 14.6. The Morgan fingerprint density at radius 2 is 0.873 bits per heavy atom.